The highest BCUT2D eigenvalue weighted by Crippen LogP contribution is 2.38. The summed E-state index contributed by atoms with van der Waals surface area (Å²) in [7, 11) is 1.06. The smallest absolute Gasteiger partial charge is 0.306 e. The van der Waals surface area contributed by atoms with Crippen LogP contribution in [0.1, 0.15) is 71.6 Å². The molecule has 0 radical (unpaired) electrons. The number of quaternary nitrogens is 1. The molecular formula is C30H52NO9P. The lowest BCUT2D eigenvalue weighted by Gasteiger charge is -2.28. The molecule has 0 saturated carbocycles. The molecule has 3 atom stereocenters. The normalized spacial score (nSPS) is 15.6. The molecule has 0 fully saturated rings. The van der Waals surface area contributed by atoms with Gasteiger partial charge in [-0.15, -0.1) is 0 Å². The maximum absolute atomic E-state index is 12.2. The molecule has 0 aliphatic heterocycles. The van der Waals surface area contributed by atoms with E-state index in [2.05, 4.69) is 19.1 Å². The van der Waals surface area contributed by atoms with Gasteiger partial charge in [0.1, 0.15) is 19.8 Å². The first-order valence-corrected chi connectivity index (χ1v) is 15.9. The molecule has 0 spiro atoms. The zero-order chi connectivity index (χ0) is 31.0. The number of hydrogen-bond acceptors (Lipinski definition) is 9. The molecule has 1 N–H and O–H groups in total. The highest BCUT2D eigenvalue weighted by Gasteiger charge is 2.21. The van der Waals surface area contributed by atoms with E-state index in [1.165, 1.54) is 26.2 Å². The minimum atomic E-state index is -4.61. The van der Waals surface area contributed by atoms with E-state index in [0.717, 1.165) is 12.8 Å². The Bertz CT molecular complexity index is 878. The van der Waals surface area contributed by atoms with Crippen LogP contribution in [-0.2, 0) is 32.7 Å². The number of carbonyl (C=O) groups excluding carboxylic acids is 2. The van der Waals surface area contributed by atoms with Crippen LogP contribution in [-0.4, -0.2) is 81.2 Å². The number of phosphoric acid groups is 1. The number of esters is 2. The summed E-state index contributed by atoms with van der Waals surface area (Å²) >= 11 is 0. The van der Waals surface area contributed by atoms with Crippen LogP contribution in [0.25, 0.3) is 0 Å². The van der Waals surface area contributed by atoms with E-state index < -0.39 is 38.6 Å². The van der Waals surface area contributed by atoms with Gasteiger partial charge in [-0.25, -0.2) is 0 Å². The Morgan fingerprint density at radius 3 is 2.34 bits per heavy atom. The number of aliphatic hydroxyl groups is 1. The molecule has 0 aromatic carbocycles. The van der Waals surface area contributed by atoms with Crippen molar-refractivity contribution in [3.8, 4) is 0 Å². The summed E-state index contributed by atoms with van der Waals surface area (Å²) in [4.78, 5) is 35.4. The second-order valence-corrected chi connectivity index (χ2v) is 12.1. The zero-order valence-corrected chi connectivity index (χ0v) is 26.5. The molecule has 0 aromatic heterocycles. The first-order valence-electron chi connectivity index (χ1n) is 14.4. The lowest BCUT2D eigenvalue weighted by Crippen LogP contribution is -2.37. The van der Waals surface area contributed by atoms with Crippen LogP contribution >= 0.6 is 7.82 Å². The number of likely N-dealkylation sites (N-methyl/N-ethyl adjacent to an activating group) is 1. The van der Waals surface area contributed by atoms with Gasteiger partial charge in [0.15, 0.2) is 6.10 Å². The lowest BCUT2D eigenvalue weighted by molar-refractivity contribution is -0.870. The van der Waals surface area contributed by atoms with Gasteiger partial charge in [0.05, 0.1) is 33.9 Å². The van der Waals surface area contributed by atoms with E-state index in [0.29, 0.717) is 30.3 Å². The van der Waals surface area contributed by atoms with E-state index in [4.69, 9.17) is 18.5 Å². The summed E-state index contributed by atoms with van der Waals surface area (Å²) in [5.41, 5.74) is 0. The molecule has 0 aliphatic carbocycles. The number of unbranched alkanes of at least 4 members (excludes halogenated alkanes) is 4. The second kappa shape index (κ2) is 23.5. The molecule has 0 amide bonds. The van der Waals surface area contributed by atoms with Gasteiger partial charge in [0.2, 0.25) is 0 Å². The van der Waals surface area contributed by atoms with Gasteiger partial charge >= 0.3 is 11.9 Å². The highest BCUT2D eigenvalue weighted by atomic mass is 31.2. The second-order valence-electron chi connectivity index (χ2n) is 10.7. The van der Waals surface area contributed by atoms with E-state index in [-0.39, 0.29) is 19.6 Å². The minimum absolute atomic E-state index is 0.0610. The van der Waals surface area contributed by atoms with Gasteiger partial charge in [-0.05, 0) is 38.5 Å². The van der Waals surface area contributed by atoms with Crippen LogP contribution < -0.4 is 4.89 Å². The standard InChI is InChI=1S/C30H52NO9P/c1-6-7-8-9-10-11-12-14-17-20-28(33)21-18-15-13-16-19-22-30(34)40-29(25-37-27(2)32)26-39-41(35,36)38-24-23-31(3,4)5/h10-11,13-15,17-18,21,28-29,33H,6-9,12,16,19-20,22-26H2,1-5H3/b11-10-,15-13+,17-14-,21-18-/t28?,29-/m1/s1. The lowest BCUT2D eigenvalue weighted by atomic mass is 10.2. The Labute approximate surface area is 246 Å². The third-order valence-corrected chi connectivity index (χ3v) is 6.45. The Morgan fingerprint density at radius 1 is 0.951 bits per heavy atom. The van der Waals surface area contributed by atoms with Crippen molar-refractivity contribution < 1.29 is 47.2 Å². The fraction of sp³-hybridized carbons (Fsp3) is 0.667. The third kappa shape index (κ3) is 27.9. The summed E-state index contributed by atoms with van der Waals surface area (Å²) in [6, 6.07) is 0. The number of aliphatic hydroxyl groups excluding tert-OH is 1. The van der Waals surface area contributed by atoms with E-state index in [1.807, 2.05) is 39.4 Å². The van der Waals surface area contributed by atoms with Crippen LogP contribution in [0.5, 0.6) is 0 Å². The zero-order valence-electron chi connectivity index (χ0n) is 25.6. The topological polar surface area (TPSA) is 131 Å². The number of nitrogens with zero attached hydrogens (tertiary/aromatic N) is 1. The van der Waals surface area contributed by atoms with Gasteiger partial charge < -0.3 is 33.0 Å². The molecular weight excluding hydrogens is 549 g/mol. The highest BCUT2D eigenvalue weighted by molar-refractivity contribution is 7.45. The summed E-state index contributed by atoms with van der Waals surface area (Å²) in [6.45, 7) is 2.91. The van der Waals surface area contributed by atoms with E-state index in [1.54, 1.807) is 18.2 Å². The van der Waals surface area contributed by atoms with Crippen molar-refractivity contribution in [3.05, 3.63) is 48.6 Å². The molecule has 0 aliphatic rings. The van der Waals surface area contributed by atoms with Crippen molar-refractivity contribution in [1.82, 2.24) is 0 Å². The third-order valence-electron chi connectivity index (χ3n) is 5.49. The molecule has 11 heteroatoms. The van der Waals surface area contributed by atoms with Gasteiger partial charge in [0, 0.05) is 13.3 Å². The molecule has 236 valence electrons. The summed E-state index contributed by atoms with van der Waals surface area (Å²) < 4.78 is 32.3. The predicted octanol–water partition coefficient (Wildman–Crippen LogP) is 4.79. The van der Waals surface area contributed by atoms with Crippen molar-refractivity contribution in [2.45, 2.75) is 83.8 Å². The Kier molecular flexibility index (Phi) is 22.3. The number of allylic oxidation sites excluding steroid dienone is 6. The number of carbonyl (C=O) groups is 2. The van der Waals surface area contributed by atoms with Crippen LogP contribution in [0.2, 0.25) is 0 Å². The van der Waals surface area contributed by atoms with Gasteiger partial charge in [-0.2, -0.15) is 0 Å². The maximum Gasteiger partial charge on any atom is 0.306 e. The van der Waals surface area contributed by atoms with Crippen LogP contribution in [0.3, 0.4) is 0 Å². The fourth-order valence-corrected chi connectivity index (χ4v) is 3.88. The van der Waals surface area contributed by atoms with Crippen molar-refractivity contribution in [3.63, 3.8) is 0 Å². The number of hydrogen-bond donors (Lipinski definition) is 1. The van der Waals surface area contributed by atoms with Crippen LogP contribution in [0.4, 0.5) is 0 Å². The first kappa shape index (κ1) is 38.9. The quantitative estimate of drug-likeness (QED) is 0.0414. The molecule has 2 unspecified atom stereocenters. The number of ether oxygens (including phenoxy) is 2. The van der Waals surface area contributed by atoms with Crippen LogP contribution in [0.15, 0.2) is 48.6 Å². The van der Waals surface area contributed by atoms with Gasteiger partial charge in [0.25, 0.3) is 7.82 Å². The monoisotopic (exact) mass is 601 g/mol. The van der Waals surface area contributed by atoms with E-state index >= 15 is 0 Å². The molecule has 0 saturated heterocycles. The summed E-state index contributed by atoms with van der Waals surface area (Å²) in [5, 5.41) is 10.0. The summed E-state index contributed by atoms with van der Waals surface area (Å²) in [6.07, 6.45) is 21.3. The molecule has 0 heterocycles. The fourth-order valence-electron chi connectivity index (χ4n) is 3.16. The van der Waals surface area contributed by atoms with Crippen molar-refractivity contribution >= 4 is 19.8 Å². The average molecular weight is 602 g/mol. The predicted molar refractivity (Wildman–Crippen MR) is 159 cm³/mol. The average Bonchev–Trinajstić information content (AvgIpc) is 2.87. The molecule has 0 aromatic rings. The van der Waals surface area contributed by atoms with E-state index in [9.17, 15) is 24.2 Å². The van der Waals surface area contributed by atoms with Crippen molar-refractivity contribution in [2.75, 3.05) is 47.5 Å². The maximum atomic E-state index is 12.2. The molecule has 0 bridgehead atoms. The number of phosphoric ester groups is 1. The molecule has 0 rings (SSSR count). The summed E-state index contributed by atoms with van der Waals surface area (Å²) in [5.74, 6) is -1.17. The first-order chi connectivity index (χ1) is 19.3. The minimum Gasteiger partial charge on any atom is -0.756 e. The van der Waals surface area contributed by atoms with Crippen molar-refractivity contribution in [1.29, 1.82) is 0 Å². The molecule has 41 heavy (non-hydrogen) atoms. The Balaban J connectivity index is 4.33. The largest absolute Gasteiger partial charge is 0.756 e. The SMILES string of the molecule is CCCCC/C=C\C/C=C\CC(O)/C=C\C=C\CCCC(=O)O[C@H](COC(C)=O)COP(=O)([O-])OCC[N+](C)(C)C. The van der Waals surface area contributed by atoms with Gasteiger partial charge in [-0.3, -0.25) is 14.2 Å². The van der Waals surface area contributed by atoms with Gasteiger partial charge in [-0.1, -0.05) is 68.4 Å². The van der Waals surface area contributed by atoms with Crippen molar-refractivity contribution in [2.24, 2.45) is 0 Å². The van der Waals surface area contributed by atoms with Crippen LogP contribution in [0, 0.1) is 0 Å². The Morgan fingerprint density at radius 2 is 1.66 bits per heavy atom. The molecule has 10 nitrogen and oxygen atoms in total. The Hall–Kier alpha value is -2.07. The number of rotatable bonds is 24.